The minimum absolute atomic E-state index is 0.0831. The Morgan fingerprint density at radius 1 is 1.21 bits per heavy atom. The molecule has 3 amide bonds. The van der Waals surface area contributed by atoms with Crippen LogP contribution in [0.2, 0.25) is 0 Å². The van der Waals surface area contributed by atoms with Crippen LogP contribution in [-0.4, -0.2) is 53.8 Å². The van der Waals surface area contributed by atoms with Crippen molar-refractivity contribution in [3.8, 4) is 5.75 Å². The molecule has 1 saturated heterocycles. The van der Waals surface area contributed by atoms with E-state index in [1.807, 2.05) is 0 Å². The first-order valence-electron chi connectivity index (χ1n) is 11.6. The summed E-state index contributed by atoms with van der Waals surface area (Å²) < 4.78 is 56.7. The molecule has 1 spiro atoms. The number of carbonyl (C=O) groups is 3. The number of alkyl halides is 3. The number of fused-ring (bicyclic) bond motifs is 2. The molecule has 0 unspecified atom stereocenters. The number of aryl methyl sites for hydroxylation is 1. The molecule has 1 fully saturated rings. The second-order valence-electron chi connectivity index (χ2n) is 8.97. The molecule has 13 heteroatoms. The van der Waals surface area contributed by atoms with Crippen LogP contribution in [0.5, 0.6) is 5.75 Å². The molecule has 2 aromatic heterocycles. The lowest BCUT2D eigenvalue weighted by Gasteiger charge is -2.43. The molecule has 2 aliphatic rings. The average molecular weight is 553 g/mol. The van der Waals surface area contributed by atoms with Crippen molar-refractivity contribution >= 4 is 44.8 Å². The molecule has 2 N–H and O–H groups in total. The average Bonchev–Trinajstić information content (AvgIpc) is 3.19. The number of Topliss-reactive ketones (excluding diaryl/α,β-unsaturated/α-hetero) is 1. The van der Waals surface area contributed by atoms with Crippen LogP contribution in [0.15, 0.2) is 30.3 Å². The Balaban J connectivity index is 0.000000177. The molecule has 4 heterocycles. The van der Waals surface area contributed by atoms with E-state index in [0.717, 1.165) is 23.8 Å². The van der Waals surface area contributed by atoms with Crippen molar-refractivity contribution in [2.45, 2.75) is 38.0 Å². The Labute approximate surface area is 219 Å². The molecule has 38 heavy (non-hydrogen) atoms. The second kappa shape index (κ2) is 10.6. The number of carbonyl (C=O) groups excluding carboxylic acids is 3. The zero-order valence-corrected chi connectivity index (χ0v) is 21.3. The monoisotopic (exact) mass is 552 g/mol. The molecule has 0 saturated carbocycles. The Kier molecular flexibility index (Phi) is 7.58. The molecule has 8 nitrogen and oxygen atoms in total. The van der Waals surface area contributed by atoms with Crippen LogP contribution in [0.25, 0.3) is 10.2 Å². The lowest BCUT2D eigenvalue weighted by molar-refractivity contribution is -0.141. The number of ether oxygens (including phenoxy) is 1. The number of thiophene rings is 1. The molecule has 0 aliphatic carbocycles. The van der Waals surface area contributed by atoms with Gasteiger partial charge in [0.2, 0.25) is 6.41 Å². The minimum Gasteiger partial charge on any atom is -0.486 e. The van der Waals surface area contributed by atoms with E-state index in [0.29, 0.717) is 53.2 Å². The van der Waals surface area contributed by atoms with Gasteiger partial charge >= 0.3 is 12.2 Å². The molecule has 0 bridgehead atoms. The van der Waals surface area contributed by atoms with Crippen LogP contribution in [0.3, 0.4) is 0 Å². The van der Waals surface area contributed by atoms with Gasteiger partial charge in [-0.2, -0.15) is 13.2 Å². The number of likely N-dealkylation sites (tertiary alicyclic amines) is 1. The number of anilines is 1. The fourth-order valence-corrected chi connectivity index (χ4v) is 5.40. The van der Waals surface area contributed by atoms with Crippen LogP contribution >= 0.6 is 11.3 Å². The predicted molar refractivity (Wildman–Crippen MR) is 133 cm³/mol. The number of halogens is 4. The number of hydrogen-bond donors (Lipinski definition) is 2. The summed E-state index contributed by atoms with van der Waals surface area (Å²) in [4.78, 5) is 39.6. The lowest BCUT2D eigenvalue weighted by atomic mass is 9.82. The summed E-state index contributed by atoms with van der Waals surface area (Å²) in [6, 6.07) is 5.91. The summed E-state index contributed by atoms with van der Waals surface area (Å²) in [6.45, 7) is 2.90. The van der Waals surface area contributed by atoms with E-state index in [4.69, 9.17) is 4.74 Å². The topological polar surface area (TPSA) is 101 Å². The van der Waals surface area contributed by atoms with Crippen LogP contribution < -0.4 is 15.4 Å². The molecule has 202 valence electrons. The fraction of sp³-hybridized carbons (Fsp3) is 0.360. The zero-order chi connectivity index (χ0) is 27.7. The largest absolute Gasteiger partial charge is 0.486 e. The molecule has 1 aromatic carbocycles. The van der Waals surface area contributed by atoms with Gasteiger partial charge in [-0.25, -0.2) is 14.2 Å². The summed E-state index contributed by atoms with van der Waals surface area (Å²) in [5, 5.41) is 6.02. The number of aromatic nitrogens is 1. The summed E-state index contributed by atoms with van der Waals surface area (Å²) >= 11 is 1.01. The maximum Gasteiger partial charge on any atom is 0.433 e. The predicted octanol–water partition coefficient (Wildman–Crippen LogP) is 5.16. The van der Waals surface area contributed by atoms with Gasteiger partial charge in [0.1, 0.15) is 32.7 Å². The molecule has 5 rings (SSSR count). The second-order valence-corrected chi connectivity index (χ2v) is 9.97. The number of urea groups is 1. The number of amides is 3. The molecule has 0 atom stereocenters. The Hall–Kier alpha value is -3.74. The molecule has 2 aliphatic heterocycles. The maximum absolute atomic E-state index is 13.1. The lowest BCUT2D eigenvalue weighted by Crippen LogP contribution is -2.50. The van der Waals surface area contributed by atoms with Gasteiger partial charge in [-0.3, -0.25) is 14.9 Å². The normalized spacial score (nSPS) is 16.3. The first-order chi connectivity index (χ1) is 17.9. The Morgan fingerprint density at radius 2 is 1.92 bits per heavy atom. The first-order valence-corrected chi connectivity index (χ1v) is 12.4. The van der Waals surface area contributed by atoms with Gasteiger partial charge in [-0.05, 0) is 42.8 Å². The van der Waals surface area contributed by atoms with Gasteiger partial charge in [0.25, 0.3) is 0 Å². The smallest absolute Gasteiger partial charge is 0.433 e. The van der Waals surface area contributed by atoms with Gasteiger partial charge < -0.3 is 15.0 Å². The third kappa shape index (κ3) is 5.72. The number of nitrogens with zero attached hydrogens (tertiary/aromatic N) is 2. The zero-order valence-electron chi connectivity index (χ0n) is 20.4. The highest BCUT2D eigenvalue weighted by atomic mass is 32.1. The number of nitrogens with one attached hydrogen (secondary N) is 2. The van der Waals surface area contributed by atoms with E-state index in [1.54, 1.807) is 11.8 Å². The number of ketones is 1. The summed E-state index contributed by atoms with van der Waals surface area (Å²) in [6.07, 6.45) is -2.12. The molecular weight excluding hydrogens is 528 g/mol. The van der Waals surface area contributed by atoms with E-state index < -0.39 is 29.3 Å². The van der Waals surface area contributed by atoms with Gasteiger partial charge in [0.05, 0.1) is 12.0 Å². The van der Waals surface area contributed by atoms with Crippen LogP contribution in [-0.2, 0) is 11.0 Å². The Bertz CT molecular complexity index is 1380. The summed E-state index contributed by atoms with van der Waals surface area (Å²) in [5.74, 6) is -0.0556. The maximum atomic E-state index is 13.1. The van der Waals surface area contributed by atoms with E-state index in [-0.39, 0.29) is 17.0 Å². The van der Waals surface area contributed by atoms with Crippen molar-refractivity contribution in [3.63, 3.8) is 0 Å². The van der Waals surface area contributed by atoms with Crippen molar-refractivity contribution in [1.29, 1.82) is 0 Å². The number of rotatable bonds is 2. The molecular formula is C25H24F4N4O4S. The quantitative estimate of drug-likeness (QED) is 0.338. The van der Waals surface area contributed by atoms with Crippen LogP contribution in [0.4, 0.5) is 27.4 Å². The van der Waals surface area contributed by atoms with Crippen molar-refractivity contribution in [2.24, 2.45) is 0 Å². The highest BCUT2D eigenvalue weighted by Gasteiger charge is 2.42. The summed E-state index contributed by atoms with van der Waals surface area (Å²) in [5.41, 5.74) is -0.442. The van der Waals surface area contributed by atoms with Crippen LogP contribution in [0.1, 0.15) is 40.9 Å². The third-order valence-electron chi connectivity index (χ3n) is 6.46. The Morgan fingerprint density at radius 3 is 2.55 bits per heavy atom. The van der Waals surface area contributed by atoms with Gasteiger partial charge in [0.15, 0.2) is 5.78 Å². The highest BCUT2D eigenvalue weighted by molar-refractivity contribution is 7.22. The van der Waals surface area contributed by atoms with E-state index in [9.17, 15) is 31.9 Å². The van der Waals surface area contributed by atoms with Gasteiger partial charge in [-0.15, -0.1) is 0 Å². The minimum atomic E-state index is -4.47. The fourth-order valence-electron chi connectivity index (χ4n) is 4.32. The first kappa shape index (κ1) is 27.3. The number of hydrogen-bond acceptors (Lipinski definition) is 6. The summed E-state index contributed by atoms with van der Waals surface area (Å²) in [7, 11) is 1.46. The van der Waals surface area contributed by atoms with Crippen LogP contribution in [0, 0.1) is 12.7 Å². The SMILES string of the molecule is CNC(=O)Nc1sc2nc(C(F)(F)F)ccc2c1C.O=CN1CCC2(CC1)CC(=O)c1cc(F)ccc1O2. The molecule has 3 aromatic rings. The van der Waals surface area contributed by atoms with E-state index >= 15 is 0 Å². The van der Waals surface area contributed by atoms with Gasteiger partial charge in [-0.1, -0.05) is 11.3 Å². The third-order valence-corrected chi connectivity index (χ3v) is 7.57. The standard InChI is InChI=1S/C14H14FNO3.C11H10F3N3OS/c15-10-1-2-13-11(7-10)12(18)8-14(19-13)3-5-16(9-17)6-4-14;1-5-6-3-4-7(11(12,13)14)16-9(6)19-8(5)17-10(18)15-2/h1-2,7,9H,3-6,8H2;3-4H,1-2H3,(H2,15,17,18). The van der Waals surface area contributed by atoms with Crippen molar-refractivity contribution in [3.05, 3.63) is 53.0 Å². The number of pyridine rings is 1. The highest BCUT2D eigenvalue weighted by Crippen LogP contribution is 2.39. The van der Waals surface area contributed by atoms with E-state index in [2.05, 4.69) is 15.6 Å². The van der Waals surface area contributed by atoms with Crippen molar-refractivity contribution < 1.29 is 36.7 Å². The van der Waals surface area contributed by atoms with E-state index in [1.165, 1.54) is 31.3 Å². The van der Waals surface area contributed by atoms with Crippen molar-refractivity contribution in [1.82, 2.24) is 15.2 Å². The molecule has 0 radical (unpaired) electrons. The number of benzene rings is 1. The van der Waals surface area contributed by atoms with Crippen molar-refractivity contribution in [2.75, 3.05) is 25.5 Å². The number of piperidine rings is 1. The van der Waals surface area contributed by atoms with Gasteiger partial charge in [0, 0.05) is 38.4 Å².